The topological polar surface area (TPSA) is 89.9 Å². The van der Waals surface area contributed by atoms with Gasteiger partial charge in [-0.25, -0.2) is 9.67 Å². The predicted octanol–water partition coefficient (Wildman–Crippen LogP) is 4.81. The first kappa shape index (κ1) is 25.9. The lowest BCUT2D eigenvalue weighted by atomic mass is 10.1. The van der Waals surface area contributed by atoms with Crippen LogP contribution in [0.25, 0.3) is 5.78 Å². The van der Waals surface area contributed by atoms with E-state index in [2.05, 4.69) is 34.3 Å². The molecule has 3 aromatic heterocycles. The molecule has 0 aliphatic heterocycles. The molecule has 0 radical (unpaired) electrons. The number of hydrogen-bond donors (Lipinski definition) is 0. The molecule has 0 atom stereocenters. The standard InChI is InChI=1S/C23H30ClN9S2/c1-5-6-7-8-19-16(2)25-21-26-22(34-15-17-9-11-18(24)12-10-17)28-33(21)20(19)35-23-27-29-30-32(23)14-13-31(3)4/h9-12H,5-8,13-15H2,1-4H3. The summed E-state index contributed by atoms with van der Waals surface area (Å²) in [6.45, 7) is 5.82. The van der Waals surface area contributed by atoms with Crippen molar-refractivity contribution >= 4 is 40.9 Å². The van der Waals surface area contributed by atoms with Crippen LogP contribution >= 0.6 is 35.1 Å². The molecule has 0 amide bonds. The van der Waals surface area contributed by atoms with E-state index in [1.54, 1.807) is 11.8 Å². The van der Waals surface area contributed by atoms with Crippen molar-refractivity contribution in [2.75, 3.05) is 20.6 Å². The molecular formula is C23H30ClN9S2. The molecule has 0 aliphatic rings. The van der Waals surface area contributed by atoms with Crippen molar-refractivity contribution in [2.24, 2.45) is 0 Å². The Kier molecular flexibility index (Phi) is 8.99. The Bertz CT molecular complexity index is 1250. The molecule has 0 N–H and O–H groups in total. The summed E-state index contributed by atoms with van der Waals surface area (Å²) in [5, 5.41) is 20.4. The van der Waals surface area contributed by atoms with Gasteiger partial charge in [0.2, 0.25) is 10.3 Å². The maximum atomic E-state index is 6.02. The summed E-state index contributed by atoms with van der Waals surface area (Å²) in [6, 6.07) is 7.84. The molecule has 0 spiro atoms. The van der Waals surface area contributed by atoms with Gasteiger partial charge in [0.05, 0.1) is 6.54 Å². The molecule has 0 fully saturated rings. The molecule has 0 saturated carbocycles. The second-order valence-corrected chi connectivity index (χ2v) is 10.9. The number of thioether (sulfide) groups is 1. The van der Waals surface area contributed by atoms with Crippen molar-refractivity contribution < 1.29 is 0 Å². The van der Waals surface area contributed by atoms with Crippen LogP contribution in [0.15, 0.2) is 39.6 Å². The molecule has 12 heteroatoms. The average Bonchev–Trinajstić information content (AvgIpc) is 3.45. The van der Waals surface area contributed by atoms with Crippen molar-refractivity contribution in [3.05, 3.63) is 46.1 Å². The van der Waals surface area contributed by atoms with Gasteiger partial charge in [-0.3, -0.25) is 0 Å². The zero-order valence-electron chi connectivity index (χ0n) is 20.5. The Balaban J connectivity index is 1.66. The zero-order chi connectivity index (χ0) is 24.8. The van der Waals surface area contributed by atoms with Gasteiger partial charge in [-0.1, -0.05) is 55.3 Å². The van der Waals surface area contributed by atoms with Crippen LogP contribution in [0.5, 0.6) is 0 Å². The molecule has 4 aromatic rings. The third-order valence-corrected chi connectivity index (χ3v) is 7.73. The average molecular weight is 532 g/mol. The maximum absolute atomic E-state index is 6.02. The van der Waals surface area contributed by atoms with Gasteiger partial charge in [0.25, 0.3) is 5.78 Å². The summed E-state index contributed by atoms with van der Waals surface area (Å²) in [7, 11) is 4.08. The minimum absolute atomic E-state index is 0.593. The number of halogens is 1. The van der Waals surface area contributed by atoms with Gasteiger partial charge in [-0.2, -0.15) is 9.50 Å². The number of hydrogen-bond acceptors (Lipinski definition) is 9. The van der Waals surface area contributed by atoms with E-state index < -0.39 is 0 Å². The van der Waals surface area contributed by atoms with Crippen LogP contribution in [0.2, 0.25) is 5.02 Å². The summed E-state index contributed by atoms with van der Waals surface area (Å²) >= 11 is 9.13. The van der Waals surface area contributed by atoms with E-state index in [9.17, 15) is 0 Å². The molecule has 0 aliphatic carbocycles. The van der Waals surface area contributed by atoms with E-state index in [1.807, 2.05) is 47.6 Å². The molecular weight excluding hydrogens is 502 g/mol. The number of unbranched alkanes of at least 4 members (excludes halogenated alkanes) is 2. The molecule has 4 rings (SSSR count). The van der Waals surface area contributed by atoms with Gasteiger partial charge < -0.3 is 4.90 Å². The second kappa shape index (κ2) is 12.2. The molecule has 0 bridgehead atoms. The number of tetrazole rings is 1. The minimum Gasteiger partial charge on any atom is -0.308 e. The maximum Gasteiger partial charge on any atom is 0.254 e. The van der Waals surface area contributed by atoms with Crippen molar-refractivity contribution in [1.29, 1.82) is 0 Å². The molecule has 9 nitrogen and oxygen atoms in total. The molecule has 186 valence electrons. The number of rotatable bonds is 12. The molecule has 0 unspecified atom stereocenters. The van der Waals surface area contributed by atoms with Crippen molar-refractivity contribution in [1.82, 2.24) is 44.7 Å². The fraction of sp³-hybridized carbons (Fsp3) is 0.478. The van der Waals surface area contributed by atoms with Crippen LogP contribution in [-0.2, 0) is 18.7 Å². The van der Waals surface area contributed by atoms with Crippen LogP contribution in [0.3, 0.4) is 0 Å². The lowest BCUT2D eigenvalue weighted by Gasteiger charge is -2.13. The Morgan fingerprint density at radius 1 is 1.09 bits per heavy atom. The predicted molar refractivity (Wildman–Crippen MR) is 140 cm³/mol. The first-order chi connectivity index (χ1) is 16.9. The lowest BCUT2D eigenvalue weighted by molar-refractivity contribution is 0.361. The SMILES string of the molecule is CCCCCc1c(C)nc2nc(SCc3ccc(Cl)cc3)nn2c1Sc1nnnn1CCN(C)C. The molecule has 35 heavy (non-hydrogen) atoms. The highest BCUT2D eigenvalue weighted by Gasteiger charge is 2.20. The summed E-state index contributed by atoms with van der Waals surface area (Å²) < 4.78 is 3.70. The summed E-state index contributed by atoms with van der Waals surface area (Å²) in [4.78, 5) is 11.6. The zero-order valence-corrected chi connectivity index (χ0v) is 22.9. The van der Waals surface area contributed by atoms with E-state index in [1.165, 1.54) is 23.7 Å². The normalized spacial score (nSPS) is 11.7. The van der Waals surface area contributed by atoms with Gasteiger partial charge in [0.15, 0.2) is 0 Å². The Labute approximate surface area is 219 Å². The van der Waals surface area contributed by atoms with E-state index in [0.29, 0.717) is 17.5 Å². The highest BCUT2D eigenvalue weighted by Crippen LogP contribution is 2.32. The van der Waals surface area contributed by atoms with Crippen LogP contribution in [0.4, 0.5) is 0 Å². The van der Waals surface area contributed by atoms with Crippen LogP contribution < -0.4 is 0 Å². The third kappa shape index (κ3) is 6.72. The summed E-state index contributed by atoms with van der Waals surface area (Å²) in [5.41, 5.74) is 3.32. The number of benzene rings is 1. The van der Waals surface area contributed by atoms with Crippen LogP contribution in [0, 0.1) is 6.92 Å². The molecule has 1 aromatic carbocycles. The van der Waals surface area contributed by atoms with E-state index in [0.717, 1.165) is 58.0 Å². The van der Waals surface area contributed by atoms with Gasteiger partial charge in [0.1, 0.15) is 5.03 Å². The third-order valence-electron chi connectivity index (χ3n) is 5.48. The fourth-order valence-electron chi connectivity index (χ4n) is 3.52. The molecule has 3 heterocycles. The summed E-state index contributed by atoms with van der Waals surface area (Å²) in [5.74, 6) is 1.34. The fourth-order valence-corrected chi connectivity index (χ4v) is 5.48. The Hall–Kier alpha value is -2.21. The highest BCUT2D eigenvalue weighted by molar-refractivity contribution is 7.99. The van der Waals surface area contributed by atoms with E-state index in [-0.39, 0.29) is 0 Å². The Morgan fingerprint density at radius 3 is 2.63 bits per heavy atom. The highest BCUT2D eigenvalue weighted by atomic mass is 35.5. The van der Waals surface area contributed by atoms with Crippen LogP contribution in [-0.4, -0.2) is 65.3 Å². The minimum atomic E-state index is 0.593. The van der Waals surface area contributed by atoms with E-state index >= 15 is 0 Å². The van der Waals surface area contributed by atoms with Gasteiger partial charge in [-0.05, 0) is 73.7 Å². The monoisotopic (exact) mass is 531 g/mol. The first-order valence-corrected chi connectivity index (χ1v) is 13.8. The Morgan fingerprint density at radius 2 is 1.89 bits per heavy atom. The van der Waals surface area contributed by atoms with Gasteiger partial charge in [0, 0.05) is 28.6 Å². The van der Waals surface area contributed by atoms with Crippen LogP contribution in [0.1, 0.15) is 43.0 Å². The quantitative estimate of drug-likeness (QED) is 0.145. The van der Waals surface area contributed by atoms with Gasteiger partial charge in [-0.15, -0.1) is 10.2 Å². The number of likely N-dealkylation sites (N-methyl/N-ethyl adjacent to an activating group) is 1. The van der Waals surface area contributed by atoms with Crippen molar-refractivity contribution in [3.8, 4) is 0 Å². The second-order valence-electron chi connectivity index (χ2n) is 8.55. The number of nitrogens with zero attached hydrogens (tertiary/aromatic N) is 9. The smallest absolute Gasteiger partial charge is 0.254 e. The van der Waals surface area contributed by atoms with Crippen molar-refractivity contribution in [3.63, 3.8) is 0 Å². The molecule has 0 saturated heterocycles. The van der Waals surface area contributed by atoms with Crippen molar-refractivity contribution in [2.45, 2.75) is 67.2 Å². The number of fused-ring (bicyclic) bond motifs is 1. The number of aryl methyl sites for hydroxylation is 1. The first-order valence-electron chi connectivity index (χ1n) is 11.7. The largest absolute Gasteiger partial charge is 0.308 e. The number of aromatic nitrogens is 8. The van der Waals surface area contributed by atoms with E-state index in [4.69, 9.17) is 26.7 Å². The van der Waals surface area contributed by atoms with Gasteiger partial charge >= 0.3 is 0 Å². The lowest BCUT2D eigenvalue weighted by Crippen LogP contribution is -2.19. The summed E-state index contributed by atoms with van der Waals surface area (Å²) in [6.07, 6.45) is 4.35.